The fourth-order valence-electron chi connectivity index (χ4n) is 3.20. The number of rotatable bonds is 6. The number of carbonyl (C=O) groups is 2. The SMILES string of the molecule is Cc1cccc(CN2C(=O)S/C(=C\c3ccccc3OS(=O)(=O)c3ccccc3)C2=O)c1. The summed E-state index contributed by atoms with van der Waals surface area (Å²) in [7, 11) is -4.05. The second-order valence-corrected chi connectivity index (χ2v) is 9.68. The summed E-state index contributed by atoms with van der Waals surface area (Å²) in [6.07, 6.45) is 1.48. The number of nitrogens with zero attached hydrogens (tertiary/aromatic N) is 1. The molecule has 0 aliphatic carbocycles. The summed E-state index contributed by atoms with van der Waals surface area (Å²) in [4.78, 5) is 26.8. The first-order chi connectivity index (χ1) is 15.3. The Bertz CT molecular complexity index is 1320. The zero-order valence-corrected chi connectivity index (χ0v) is 18.7. The minimum Gasteiger partial charge on any atom is -0.378 e. The van der Waals surface area contributed by atoms with Gasteiger partial charge in [0.25, 0.3) is 11.1 Å². The number of benzene rings is 3. The lowest BCUT2D eigenvalue weighted by molar-refractivity contribution is -0.123. The first kappa shape index (κ1) is 21.9. The predicted molar refractivity (Wildman–Crippen MR) is 123 cm³/mol. The molecule has 8 heteroatoms. The van der Waals surface area contributed by atoms with E-state index in [1.54, 1.807) is 36.4 Å². The average Bonchev–Trinajstić information content (AvgIpc) is 3.03. The Labute approximate surface area is 190 Å². The molecule has 0 atom stereocenters. The normalized spacial score (nSPS) is 15.4. The van der Waals surface area contributed by atoms with Gasteiger partial charge in [-0.25, -0.2) is 0 Å². The Morgan fingerprint density at radius 3 is 2.41 bits per heavy atom. The molecule has 0 N–H and O–H groups in total. The van der Waals surface area contributed by atoms with Crippen LogP contribution in [0.5, 0.6) is 5.75 Å². The Hall–Kier alpha value is -3.36. The van der Waals surface area contributed by atoms with Crippen molar-refractivity contribution in [2.75, 3.05) is 0 Å². The molecule has 6 nitrogen and oxygen atoms in total. The van der Waals surface area contributed by atoms with Crippen molar-refractivity contribution in [2.24, 2.45) is 0 Å². The number of hydrogen-bond acceptors (Lipinski definition) is 6. The minimum absolute atomic E-state index is 0.0216. The van der Waals surface area contributed by atoms with Crippen LogP contribution in [0.25, 0.3) is 6.08 Å². The van der Waals surface area contributed by atoms with E-state index in [9.17, 15) is 18.0 Å². The van der Waals surface area contributed by atoms with Gasteiger partial charge in [0.05, 0.1) is 11.4 Å². The number of imide groups is 1. The second kappa shape index (κ2) is 9.02. The molecule has 162 valence electrons. The summed E-state index contributed by atoms with van der Waals surface area (Å²) in [5.41, 5.74) is 2.27. The van der Waals surface area contributed by atoms with Crippen molar-refractivity contribution in [2.45, 2.75) is 18.4 Å². The van der Waals surface area contributed by atoms with Crippen molar-refractivity contribution >= 4 is 39.1 Å². The highest BCUT2D eigenvalue weighted by Gasteiger charge is 2.35. The molecule has 0 bridgehead atoms. The number of hydrogen-bond donors (Lipinski definition) is 0. The molecule has 1 aliphatic rings. The molecule has 3 aromatic rings. The van der Waals surface area contributed by atoms with E-state index < -0.39 is 16.0 Å². The van der Waals surface area contributed by atoms with Crippen LogP contribution in [0.15, 0.2) is 88.7 Å². The average molecular weight is 466 g/mol. The number of carbonyl (C=O) groups excluding carboxylic acids is 2. The van der Waals surface area contributed by atoms with Gasteiger partial charge in [0.1, 0.15) is 10.6 Å². The van der Waals surface area contributed by atoms with Crippen LogP contribution < -0.4 is 4.18 Å². The van der Waals surface area contributed by atoms with Crippen LogP contribution in [-0.4, -0.2) is 24.5 Å². The summed E-state index contributed by atoms with van der Waals surface area (Å²) in [6.45, 7) is 2.11. The molecule has 4 rings (SSSR count). The fraction of sp³-hybridized carbons (Fsp3) is 0.0833. The Morgan fingerprint density at radius 1 is 0.938 bits per heavy atom. The van der Waals surface area contributed by atoms with Crippen molar-refractivity contribution < 1.29 is 22.2 Å². The van der Waals surface area contributed by atoms with E-state index in [2.05, 4.69) is 0 Å². The molecular formula is C24H19NO5S2. The number of amides is 2. The van der Waals surface area contributed by atoms with E-state index in [1.165, 1.54) is 29.2 Å². The van der Waals surface area contributed by atoms with Gasteiger partial charge in [-0.1, -0.05) is 66.2 Å². The van der Waals surface area contributed by atoms with Gasteiger partial charge in [0, 0.05) is 5.56 Å². The van der Waals surface area contributed by atoms with Crippen LogP contribution in [0.3, 0.4) is 0 Å². The van der Waals surface area contributed by atoms with E-state index in [-0.39, 0.29) is 27.3 Å². The van der Waals surface area contributed by atoms with Crippen LogP contribution in [0.1, 0.15) is 16.7 Å². The maximum atomic E-state index is 12.9. The minimum atomic E-state index is -4.05. The second-order valence-electron chi connectivity index (χ2n) is 7.15. The smallest absolute Gasteiger partial charge is 0.339 e. The first-order valence-electron chi connectivity index (χ1n) is 9.73. The van der Waals surface area contributed by atoms with Crippen LogP contribution >= 0.6 is 11.8 Å². The Balaban J connectivity index is 1.59. The molecule has 3 aromatic carbocycles. The highest BCUT2D eigenvalue weighted by molar-refractivity contribution is 8.18. The highest BCUT2D eigenvalue weighted by Crippen LogP contribution is 2.35. The zero-order chi connectivity index (χ0) is 22.7. The van der Waals surface area contributed by atoms with Gasteiger partial charge in [-0.2, -0.15) is 8.42 Å². The van der Waals surface area contributed by atoms with Crippen LogP contribution in [0, 0.1) is 6.92 Å². The predicted octanol–water partition coefficient (Wildman–Crippen LogP) is 5.00. The molecule has 0 saturated carbocycles. The Morgan fingerprint density at radius 2 is 1.66 bits per heavy atom. The summed E-state index contributed by atoms with van der Waals surface area (Å²) >= 11 is 0.817. The van der Waals surface area contributed by atoms with Gasteiger partial charge in [-0.05, 0) is 48.5 Å². The summed E-state index contributed by atoms with van der Waals surface area (Å²) in [5.74, 6) is -0.357. The van der Waals surface area contributed by atoms with Crippen molar-refractivity contribution in [3.63, 3.8) is 0 Å². The fourth-order valence-corrected chi connectivity index (χ4v) is 5.00. The van der Waals surface area contributed by atoms with Crippen LogP contribution in [0.4, 0.5) is 4.79 Å². The van der Waals surface area contributed by atoms with Gasteiger partial charge in [-0.15, -0.1) is 0 Å². The topological polar surface area (TPSA) is 80.8 Å². The summed E-state index contributed by atoms with van der Waals surface area (Å²) in [5, 5.41) is -0.377. The molecule has 0 unspecified atom stereocenters. The lowest BCUT2D eigenvalue weighted by Gasteiger charge is -2.13. The molecule has 1 fully saturated rings. The molecule has 1 aliphatic heterocycles. The molecule has 1 saturated heterocycles. The number of thioether (sulfide) groups is 1. The standard InChI is InChI=1S/C24H19NO5S2/c1-17-8-7-9-18(14-17)16-25-23(26)22(31-24(25)27)15-19-10-5-6-13-21(19)30-32(28,29)20-11-3-2-4-12-20/h2-15H,16H2,1H3/b22-15-. The maximum absolute atomic E-state index is 12.9. The van der Waals surface area contributed by atoms with E-state index in [1.807, 2.05) is 31.2 Å². The van der Waals surface area contributed by atoms with Gasteiger partial charge >= 0.3 is 10.1 Å². The quantitative estimate of drug-likeness (QED) is 0.376. The van der Waals surface area contributed by atoms with E-state index in [0.717, 1.165) is 22.9 Å². The third kappa shape index (κ3) is 4.76. The maximum Gasteiger partial charge on any atom is 0.339 e. The molecule has 0 radical (unpaired) electrons. The zero-order valence-electron chi connectivity index (χ0n) is 17.1. The van der Waals surface area contributed by atoms with Gasteiger partial charge in [0.15, 0.2) is 0 Å². The van der Waals surface area contributed by atoms with E-state index in [4.69, 9.17) is 4.18 Å². The first-order valence-corrected chi connectivity index (χ1v) is 12.0. The van der Waals surface area contributed by atoms with Crippen molar-refractivity contribution in [1.82, 2.24) is 4.90 Å². The summed E-state index contributed by atoms with van der Waals surface area (Å²) in [6, 6.07) is 21.9. The molecule has 2 amide bonds. The Kier molecular flexibility index (Phi) is 6.16. The van der Waals surface area contributed by atoms with Gasteiger partial charge < -0.3 is 4.18 Å². The number of para-hydroxylation sites is 1. The molecule has 0 aromatic heterocycles. The van der Waals surface area contributed by atoms with E-state index in [0.29, 0.717) is 5.56 Å². The third-order valence-electron chi connectivity index (χ3n) is 4.73. The number of aryl methyl sites for hydroxylation is 1. The lowest BCUT2D eigenvalue weighted by Crippen LogP contribution is -2.27. The van der Waals surface area contributed by atoms with Crippen molar-refractivity contribution in [3.8, 4) is 5.75 Å². The summed E-state index contributed by atoms with van der Waals surface area (Å²) < 4.78 is 30.6. The largest absolute Gasteiger partial charge is 0.378 e. The third-order valence-corrected chi connectivity index (χ3v) is 6.89. The van der Waals surface area contributed by atoms with E-state index >= 15 is 0 Å². The van der Waals surface area contributed by atoms with Crippen molar-refractivity contribution in [1.29, 1.82) is 0 Å². The van der Waals surface area contributed by atoms with Crippen LogP contribution in [-0.2, 0) is 21.5 Å². The molecular weight excluding hydrogens is 446 g/mol. The lowest BCUT2D eigenvalue weighted by atomic mass is 10.1. The molecule has 32 heavy (non-hydrogen) atoms. The van der Waals surface area contributed by atoms with Gasteiger partial charge in [0.2, 0.25) is 0 Å². The molecule has 1 heterocycles. The molecule has 0 spiro atoms. The highest BCUT2D eigenvalue weighted by atomic mass is 32.2. The van der Waals surface area contributed by atoms with Crippen molar-refractivity contribution in [3.05, 3.63) is 100 Å². The van der Waals surface area contributed by atoms with Gasteiger partial charge in [-0.3, -0.25) is 14.5 Å². The monoisotopic (exact) mass is 465 g/mol. The van der Waals surface area contributed by atoms with Crippen LogP contribution in [0.2, 0.25) is 0 Å².